The van der Waals surface area contributed by atoms with Crippen molar-refractivity contribution in [1.82, 2.24) is 10.2 Å². The number of hydrogen-bond donors (Lipinski definition) is 1. The summed E-state index contributed by atoms with van der Waals surface area (Å²) < 4.78 is 98.4. The number of nitrogens with one attached hydrogen (secondary N) is 1. The average Bonchev–Trinajstić information content (AvgIpc) is 2.86. The molecule has 0 fully saturated rings. The molecule has 3 aromatic carbocycles. The zero-order chi connectivity index (χ0) is 30.4. The highest BCUT2D eigenvalue weighted by molar-refractivity contribution is 7.90. The van der Waals surface area contributed by atoms with Crippen molar-refractivity contribution in [3.63, 3.8) is 0 Å². The summed E-state index contributed by atoms with van der Waals surface area (Å²) in [7, 11) is -3.86. The number of nitrogens with zero attached hydrogens (tertiary/aromatic N) is 1. The lowest BCUT2D eigenvalue weighted by molar-refractivity contribution is -0.137. The largest absolute Gasteiger partial charge is 0.493 e. The Kier molecular flexibility index (Phi) is 10.7. The van der Waals surface area contributed by atoms with Gasteiger partial charge >= 0.3 is 6.18 Å². The first-order valence-corrected chi connectivity index (χ1v) is 14.6. The van der Waals surface area contributed by atoms with Crippen LogP contribution >= 0.6 is 11.6 Å². The number of alkyl halides is 3. The van der Waals surface area contributed by atoms with Gasteiger partial charge in [-0.25, -0.2) is 17.2 Å². The van der Waals surface area contributed by atoms with Crippen LogP contribution in [0.25, 0.3) is 0 Å². The van der Waals surface area contributed by atoms with Crippen molar-refractivity contribution < 1.29 is 39.9 Å². The van der Waals surface area contributed by atoms with Crippen LogP contribution in [0.1, 0.15) is 35.6 Å². The number of halogens is 6. The second kappa shape index (κ2) is 13.6. The third-order valence-corrected chi connectivity index (χ3v) is 7.64. The van der Waals surface area contributed by atoms with Crippen molar-refractivity contribution in [2.24, 2.45) is 0 Å². The second-order valence-electron chi connectivity index (χ2n) is 9.38. The lowest BCUT2D eigenvalue weighted by Crippen LogP contribution is -2.26. The van der Waals surface area contributed by atoms with Crippen molar-refractivity contribution in [3.05, 3.63) is 93.5 Å². The molecular formula is C28H28ClF5N2O4S. The predicted molar refractivity (Wildman–Crippen MR) is 144 cm³/mol. The Morgan fingerprint density at radius 2 is 1.73 bits per heavy atom. The highest BCUT2D eigenvalue weighted by Crippen LogP contribution is 2.36. The van der Waals surface area contributed by atoms with Gasteiger partial charge in [-0.2, -0.15) is 13.2 Å². The molecule has 0 aromatic heterocycles. The van der Waals surface area contributed by atoms with E-state index in [1.165, 1.54) is 37.3 Å². The Bertz CT molecular complexity index is 1480. The summed E-state index contributed by atoms with van der Waals surface area (Å²) in [5.41, 5.74) is -0.185. The summed E-state index contributed by atoms with van der Waals surface area (Å²) >= 11 is 6.09. The van der Waals surface area contributed by atoms with Gasteiger partial charge < -0.3 is 10.1 Å². The van der Waals surface area contributed by atoms with Gasteiger partial charge in [0.2, 0.25) is 5.91 Å². The molecule has 1 amide bonds. The molecule has 0 radical (unpaired) electrons. The molecule has 0 aliphatic carbocycles. The molecule has 3 aromatic rings. The molecule has 0 atom stereocenters. The minimum absolute atomic E-state index is 0.0178. The Labute approximate surface area is 240 Å². The maximum atomic E-state index is 14.8. The van der Waals surface area contributed by atoms with Crippen molar-refractivity contribution in [1.29, 1.82) is 0 Å². The van der Waals surface area contributed by atoms with Crippen molar-refractivity contribution >= 4 is 27.3 Å². The minimum Gasteiger partial charge on any atom is -0.493 e. The van der Waals surface area contributed by atoms with E-state index < -0.39 is 44.1 Å². The molecule has 0 saturated heterocycles. The summed E-state index contributed by atoms with van der Waals surface area (Å²) in [6.07, 6.45) is -3.39. The fraction of sp³-hybridized carbons (Fsp3) is 0.321. The predicted octanol–water partition coefficient (Wildman–Crippen LogP) is 6.15. The van der Waals surface area contributed by atoms with E-state index in [4.69, 9.17) is 16.3 Å². The third-order valence-electron chi connectivity index (χ3n) is 6.03. The van der Waals surface area contributed by atoms with Crippen LogP contribution in [0, 0.1) is 11.6 Å². The lowest BCUT2D eigenvalue weighted by atomic mass is 10.1. The molecule has 0 unspecified atom stereocenters. The van der Waals surface area contributed by atoms with Gasteiger partial charge in [0.15, 0.2) is 9.84 Å². The monoisotopic (exact) mass is 618 g/mol. The molecule has 0 saturated carbocycles. The van der Waals surface area contributed by atoms with Crippen molar-refractivity contribution in [2.45, 2.75) is 44.1 Å². The fourth-order valence-electron chi connectivity index (χ4n) is 4.09. The lowest BCUT2D eigenvalue weighted by Gasteiger charge is -2.24. The van der Waals surface area contributed by atoms with Crippen LogP contribution in [-0.4, -0.2) is 38.6 Å². The van der Waals surface area contributed by atoms with E-state index in [1.807, 2.05) is 0 Å². The van der Waals surface area contributed by atoms with Crippen LogP contribution in [0.3, 0.4) is 0 Å². The van der Waals surface area contributed by atoms with E-state index in [1.54, 1.807) is 17.0 Å². The Morgan fingerprint density at radius 1 is 1.05 bits per heavy atom. The molecule has 0 aliphatic heterocycles. The van der Waals surface area contributed by atoms with Gasteiger partial charge in [0.1, 0.15) is 17.4 Å². The van der Waals surface area contributed by atoms with Crippen molar-refractivity contribution in [2.75, 3.05) is 19.4 Å². The maximum Gasteiger partial charge on any atom is 0.417 e. The van der Waals surface area contributed by atoms with E-state index in [-0.39, 0.29) is 48.0 Å². The van der Waals surface area contributed by atoms with Gasteiger partial charge in [-0.3, -0.25) is 9.69 Å². The Hall–Kier alpha value is -3.22. The Morgan fingerprint density at radius 3 is 2.34 bits per heavy atom. The quantitative estimate of drug-likeness (QED) is 0.195. The van der Waals surface area contributed by atoms with Crippen LogP contribution in [0.5, 0.6) is 5.75 Å². The number of ether oxygens (including phenoxy) is 1. The first kappa shape index (κ1) is 32.3. The van der Waals surface area contributed by atoms with Gasteiger partial charge in [-0.15, -0.1) is 0 Å². The normalized spacial score (nSPS) is 12.0. The standard InChI is InChI=1S/C28H28ClF5N2O4S/c1-18(37)35-15-23-25(31)13-22(14-26(23)41(2,38)39)40-12-4-11-36(16-19-7-9-21(30)10-8-19)17-20-5-3-6-24(27(20)29)28(32,33)34/h3,5-10,13-14H,4,11-12,15-17H2,1-2H3,(H,35,37). The van der Waals surface area contributed by atoms with Gasteiger partial charge in [0.25, 0.3) is 0 Å². The topological polar surface area (TPSA) is 75.7 Å². The smallest absolute Gasteiger partial charge is 0.417 e. The number of sulfone groups is 1. The molecule has 6 nitrogen and oxygen atoms in total. The zero-order valence-electron chi connectivity index (χ0n) is 22.2. The SMILES string of the molecule is CC(=O)NCc1c(F)cc(OCCCN(Cc2ccc(F)cc2)Cc2cccc(C(F)(F)F)c2Cl)cc1S(C)(=O)=O. The fourth-order valence-corrected chi connectivity index (χ4v) is 5.33. The number of carbonyl (C=O) groups is 1. The minimum atomic E-state index is -4.62. The molecule has 41 heavy (non-hydrogen) atoms. The van der Waals surface area contributed by atoms with E-state index in [0.29, 0.717) is 18.5 Å². The van der Waals surface area contributed by atoms with E-state index in [2.05, 4.69) is 5.32 Å². The van der Waals surface area contributed by atoms with Gasteiger partial charge in [-0.1, -0.05) is 35.9 Å². The molecule has 222 valence electrons. The molecule has 0 aliphatic rings. The zero-order valence-corrected chi connectivity index (χ0v) is 23.8. The Balaban J connectivity index is 1.75. The molecule has 3 rings (SSSR count). The summed E-state index contributed by atoms with van der Waals surface area (Å²) in [4.78, 5) is 12.7. The summed E-state index contributed by atoms with van der Waals surface area (Å²) in [5, 5.41) is 1.96. The molecule has 13 heteroatoms. The van der Waals surface area contributed by atoms with E-state index >= 15 is 0 Å². The maximum absolute atomic E-state index is 14.8. The van der Waals surface area contributed by atoms with Crippen molar-refractivity contribution in [3.8, 4) is 5.75 Å². The molecule has 0 spiro atoms. The van der Waals surface area contributed by atoms with Gasteiger partial charge in [0.05, 0.1) is 22.1 Å². The van der Waals surface area contributed by atoms with Gasteiger partial charge in [0, 0.05) is 51.0 Å². The number of amides is 1. The molecule has 0 heterocycles. The van der Waals surface area contributed by atoms with Gasteiger partial charge in [-0.05, 0) is 41.8 Å². The average molecular weight is 619 g/mol. The first-order valence-electron chi connectivity index (χ1n) is 12.4. The second-order valence-corrected chi connectivity index (χ2v) is 11.7. The number of carbonyl (C=O) groups excluding carboxylic acids is 1. The van der Waals surface area contributed by atoms with E-state index in [9.17, 15) is 35.2 Å². The highest BCUT2D eigenvalue weighted by atomic mass is 35.5. The van der Waals surface area contributed by atoms with Crippen LogP contribution in [0.15, 0.2) is 59.5 Å². The third kappa shape index (κ3) is 9.40. The van der Waals surface area contributed by atoms with Crippen LogP contribution in [-0.2, 0) is 40.4 Å². The van der Waals surface area contributed by atoms with Crippen LogP contribution in [0.4, 0.5) is 22.0 Å². The molecule has 0 bridgehead atoms. The molecular weight excluding hydrogens is 591 g/mol. The first-order chi connectivity index (χ1) is 19.1. The number of hydrogen-bond acceptors (Lipinski definition) is 5. The summed E-state index contributed by atoms with van der Waals surface area (Å²) in [6, 6.07) is 11.5. The van der Waals surface area contributed by atoms with E-state index in [0.717, 1.165) is 18.4 Å². The summed E-state index contributed by atoms with van der Waals surface area (Å²) in [5.74, 6) is -1.80. The summed E-state index contributed by atoms with van der Waals surface area (Å²) in [6.45, 7) is 1.52. The molecule has 1 N–H and O–H groups in total. The number of rotatable bonds is 12. The number of benzene rings is 3. The highest BCUT2D eigenvalue weighted by Gasteiger charge is 2.34. The van der Waals surface area contributed by atoms with Crippen LogP contribution < -0.4 is 10.1 Å². The van der Waals surface area contributed by atoms with Crippen LogP contribution in [0.2, 0.25) is 5.02 Å².